The van der Waals surface area contributed by atoms with Crippen molar-refractivity contribution in [3.8, 4) is 17.2 Å². The Bertz CT molecular complexity index is 992. The summed E-state index contributed by atoms with van der Waals surface area (Å²) in [6.45, 7) is 2.04. The summed E-state index contributed by atoms with van der Waals surface area (Å²) >= 11 is 1.55. The Kier molecular flexibility index (Phi) is 4.79. The fourth-order valence-corrected chi connectivity index (χ4v) is 4.86. The van der Waals surface area contributed by atoms with Gasteiger partial charge in [0.2, 0.25) is 5.91 Å². The van der Waals surface area contributed by atoms with Crippen LogP contribution in [0.1, 0.15) is 23.6 Å². The smallest absolute Gasteiger partial charge is 0.250 e. The summed E-state index contributed by atoms with van der Waals surface area (Å²) in [5.74, 6) is 1.15. The van der Waals surface area contributed by atoms with Gasteiger partial charge in [0, 0.05) is 42.9 Å². The first-order valence-corrected chi connectivity index (χ1v) is 10.5. The maximum Gasteiger partial charge on any atom is 0.250 e. The molecule has 0 radical (unpaired) electrons. The molecule has 3 heterocycles. The molecule has 0 aliphatic carbocycles. The zero-order valence-corrected chi connectivity index (χ0v) is 16.0. The van der Waals surface area contributed by atoms with E-state index in [2.05, 4.69) is 6.07 Å². The quantitative estimate of drug-likeness (QED) is 0.822. The van der Waals surface area contributed by atoms with Gasteiger partial charge in [0.1, 0.15) is 0 Å². The molecule has 2 atom stereocenters. The monoisotopic (exact) mass is 379 g/mol. The van der Waals surface area contributed by atoms with Gasteiger partial charge in [0.05, 0.1) is 17.4 Å². The van der Waals surface area contributed by atoms with E-state index in [1.165, 1.54) is 0 Å². The first kappa shape index (κ1) is 17.9. The maximum atomic E-state index is 12.5. The number of pyridine rings is 1. The van der Waals surface area contributed by atoms with Crippen LogP contribution in [-0.4, -0.2) is 40.5 Å². The fraction of sp³-hybridized carbons (Fsp3) is 0.381. The van der Waals surface area contributed by atoms with Crippen molar-refractivity contribution in [1.29, 1.82) is 5.26 Å². The van der Waals surface area contributed by atoms with Gasteiger partial charge < -0.3 is 9.47 Å². The number of hydrogen-bond donors (Lipinski definition) is 0. The first-order chi connectivity index (χ1) is 13.1. The second kappa shape index (κ2) is 7.24. The first-order valence-electron chi connectivity index (χ1n) is 9.11. The van der Waals surface area contributed by atoms with Crippen molar-refractivity contribution < 1.29 is 4.79 Å². The molecule has 2 aromatic rings. The van der Waals surface area contributed by atoms with Crippen LogP contribution in [0.25, 0.3) is 11.1 Å². The number of likely N-dealkylation sites (tertiary alicyclic amines) is 1. The summed E-state index contributed by atoms with van der Waals surface area (Å²) in [4.78, 5) is 27.0. The van der Waals surface area contributed by atoms with Crippen molar-refractivity contribution in [2.75, 3.05) is 25.1 Å². The zero-order valence-electron chi connectivity index (χ0n) is 15.2. The molecule has 0 unspecified atom stereocenters. The van der Waals surface area contributed by atoms with Gasteiger partial charge in [-0.25, -0.2) is 0 Å². The van der Waals surface area contributed by atoms with E-state index >= 15 is 0 Å². The molecule has 0 saturated carbocycles. The van der Waals surface area contributed by atoms with Gasteiger partial charge in [-0.05, 0) is 42.4 Å². The van der Waals surface area contributed by atoms with Crippen LogP contribution in [0.3, 0.4) is 0 Å². The Hall–Kier alpha value is -2.52. The van der Waals surface area contributed by atoms with Crippen molar-refractivity contribution in [2.24, 2.45) is 5.92 Å². The third-order valence-corrected chi connectivity index (χ3v) is 6.05. The molecule has 5 nitrogen and oxygen atoms in total. The molecule has 1 amide bonds. The Balaban J connectivity index is 1.79. The predicted octanol–water partition coefficient (Wildman–Crippen LogP) is 2.70. The van der Waals surface area contributed by atoms with Crippen molar-refractivity contribution >= 4 is 17.7 Å². The van der Waals surface area contributed by atoms with Gasteiger partial charge in [-0.3, -0.25) is 9.59 Å². The lowest BCUT2D eigenvalue weighted by Crippen LogP contribution is -2.49. The van der Waals surface area contributed by atoms with Crippen LogP contribution >= 0.6 is 11.8 Å². The molecular formula is C21H21N3O2S. The number of nitrogens with zero attached hydrogens (tertiary/aromatic N) is 3. The third-order valence-electron chi connectivity index (χ3n) is 5.51. The normalized spacial score (nSPS) is 20.7. The molecule has 1 aromatic carbocycles. The summed E-state index contributed by atoms with van der Waals surface area (Å²) in [7, 11) is 0. The number of piperidine rings is 1. The predicted molar refractivity (Wildman–Crippen MR) is 107 cm³/mol. The number of nitriles is 1. The molecule has 2 aliphatic rings. The molecule has 2 bridgehead atoms. The Morgan fingerprint density at radius 2 is 2.11 bits per heavy atom. The molecule has 1 aromatic heterocycles. The largest absolute Gasteiger partial charge is 0.341 e. The van der Waals surface area contributed by atoms with E-state index in [0.29, 0.717) is 30.3 Å². The highest BCUT2D eigenvalue weighted by Gasteiger charge is 2.37. The van der Waals surface area contributed by atoms with E-state index in [4.69, 9.17) is 0 Å². The number of hydrogen-bond acceptors (Lipinski definition) is 4. The number of benzene rings is 1. The highest BCUT2D eigenvalue weighted by atomic mass is 32.2. The zero-order chi connectivity index (χ0) is 19.0. The van der Waals surface area contributed by atoms with Crippen LogP contribution < -0.4 is 5.56 Å². The minimum absolute atomic E-state index is 0.0174. The summed E-state index contributed by atoms with van der Waals surface area (Å²) < 4.78 is 1.89. The van der Waals surface area contributed by atoms with Crippen LogP contribution in [0.2, 0.25) is 0 Å². The average Bonchev–Trinajstić information content (AvgIpc) is 2.69. The molecule has 0 spiro atoms. The fourth-order valence-electron chi connectivity index (χ4n) is 4.43. The van der Waals surface area contributed by atoms with Gasteiger partial charge in [-0.2, -0.15) is 17.0 Å². The standard InChI is InChI=1S/C21H21N3O2S/c1-27-13-20(26)23-10-15-8-17(12-23)21-18(5-6-19(25)24(21)11-15)16-4-2-3-14(7-16)9-22/h2-7,15,17H,8,10-13H2,1H3/t15-,17-/m1/s1. The Morgan fingerprint density at radius 1 is 1.26 bits per heavy atom. The van der Waals surface area contributed by atoms with E-state index < -0.39 is 0 Å². The third kappa shape index (κ3) is 3.28. The molecule has 138 valence electrons. The van der Waals surface area contributed by atoms with Crippen LogP contribution in [0.15, 0.2) is 41.2 Å². The SMILES string of the molecule is CSCC(=O)N1C[C@H]2C[C@H](C1)c1c(-c3cccc(C#N)c3)ccc(=O)n1C2. The van der Waals surface area contributed by atoms with Crippen molar-refractivity contribution in [3.63, 3.8) is 0 Å². The molecule has 1 saturated heterocycles. The van der Waals surface area contributed by atoms with Crippen LogP contribution in [0.5, 0.6) is 0 Å². The lowest BCUT2D eigenvalue weighted by molar-refractivity contribution is -0.131. The van der Waals surface area contributed by atoms with E-state index in [1.807, 2.05) is 40.0 Å². The molecular weight excluding hydrogens is 358 g/mol. The highest BCUT2D eigenvalue weighted by Crippen LogP contribution is 2.40. The summed E-state index contributed by atoms with van der Waals surface area (Å²) in [6, 6.07) is 13.2. The van der Waals surface area contributed by atoms with Gasteiger partial charge in [0.15, 0.2) is 0 Å². The summed E-state index contributed by atoms with van der Waals surface area (Å²) in [5, 5.41) is 9.23. The Labute approximate surface area is 162 Å². The number of thioether (sulfide) groups is 1. The second-order valence-electron chi connectivity index (χ2n) is 7.30. The molecule has 0 N–H and O–H groups in total. The Morgan fingerprint density at radius 3 is 2.89 bits per heavy atom. The van der Waals surface area contributed by atoms with E-state index in [-0.39, 0.29) is 17.4 Å². The second-order valence-corrected chi connectivity index (χ2v) is 8.17. The summed E-state index contributed by atoms with van der Waals surface area (Å²) in [5.41, 5.74) is 3.57. The number of carbonyl (C=O) groups excluding carboxylic acids is 1. The minimum atomic E-state index is 0.0174. The van der Waals surface area contributed by atoms with Gasteiger partial charge in [-0.15, -0.1) is 0 Å². The van der Waals surface area contributed by atoms with E-state index in [1.54, 1.807) is 23.9 Å². The van der Waals surface area contributed by atoms with Crippen molar-refractivity contribution in [2.45, 2.75) is 18.9 Å². The molecule has 27 heavy (non-hydrogen) atoms. The maximum absolute atomic E-state index is 12.5. The van der Waals surface area contributed by atoms with Crippen molar-refractivity contribution in [1.82, 2.24) is 9.47 Å². The molecule has 1 fully saturated rings. The molecule has 2 aliphatic heterocycles. The van der Waals surface area contributed by atoms with E-state index in [9.17, 15) is 14.9 Å². The molecule has 4 rings (SSSR count). The summed E-state index contributed by atoms with van der Waals surface area (Å²) in [6.07, 6.45) is 2.94. The average molecular weight is 379 g/mol. The van der Waals surface area contributed by atoms with Gasteiger partial charge in [-0.1, -0.05) is 12.1 Å². The van der Waals surface area contributed by atoms with Gasteiger partial charge >= 0.3 is 0 Å². The van der Waals surface area contributed by atoms with Crippen LogP contribution in [0.4, 0.5) is 0 Å². The number of amides is 1. The van der Waals surface area contributed by atoms with Crippen LogP contribution in [-0.2, 0) is 11.3 Å². The number of carbonyl (C=O) groups is 1. The van der Waals surface area contributed by atoms with Crippen LogP contribution in [0, 0.1) is 17.2 Å². The lowest BCUT2D eigenvalue weighted by Gasteiger charge is -2.43. The number of fused-ring (bicyclic) bond motifs is 4. The molecule has 6 heteroatoms. The number of rotatable bonds is 3. The minimum Gasteiger partial charge on any atom is -0.341 e. The lowest BCUT2D eigenvalue weighted by atomic mass is 9.80. The topological polar surface area (TPSA) is 66.1 Å². The van der Waals surface area contributed by atoms with E-state index in [0.717, 1.165) is 29.8 Å². The number of aromatic nitrogens is 1. The van der Waals surface area contributed by atoms with Crippen molar-refractivity contribution in [3.05, 3.63) is 58.0 Å². The highest BCUT2D eigenvalue weighted by molar-refractivity contribution is 7.99. The van der Waals surface area contributed by atoms with Gasteiger partial charge in [0.25, 0.3) is 5.56 Å².